The van der Waals surface area contributed by atoms with Crippen molar-refractivity contribution in [2.75, 3.05) is 31.1 Å². The number of nitrogens with one attached hydrogen (secondary N) is 2. The van der Waals surface area contributed by atoms with Crippen molar-refractivity contribution in [1.29, 1.82) is 0 Å². The van der Waals surface area contributed by atoms with Crippen molar-refractivity contribution in [3.05, 3.63) is 22.8 Å². The van der Waals surface area contributed by atoms with E-state index >= 15 is 0 Å². The summed E-state index contributed by atoms with van der Waals surface area (Å²) in [6.45, 7) is 2.87. The third kappa shape index (κ3) is 5.62. The first-order chi connectivity index (χ1) is 12.3. The second-order valence-electron chi connectivity index (χ2n) is 6.84. The third-order valence-corrected chi connectivity index (χ3v) is 5.24. The molecule has 0 unspecified atom stereocenters. The van der Waals surface area contributed by atoms with Crippen LogP contribution in [-0.2, 0) is 11.0 Å². The zero-order chi connectivity index (χ0) is 18.7. The number of aromatic nitrogens is 1. The fourth-order valence-corrected chi connectivity index (χ4v) is 3.75. The van der Waals surface area contributed by atoms with Crippen LogP contribution in [0.15, 0.2) is 12.3 Å². The number of hydrogen-bond donors (Lipinski definition) is 2. The topological polar surface area (TPSA) is 57.3 Å². The van der Waals surface area contributed by atoms with Gasteiger partial charge in [-0.25, -0.2) is 4.98 Å². The number of halogens is 5. The summed E-state index contributed by atoms with van der Waals surface area (Å²) in [6, 6.07) is 1.08. The molecule has 2 N–H and O–H groups in total. The summed E-state index contributed by atoms with van der Waals surface area (Å²) in [7, 11) is 0. The molecular weight excluding hydrogens is 404 g/mol. The van der Waals surface area contributed by atoms with Gasteiger partial charge in [0, 0.05) is 37.8 Å². The van der Waals surface area contributed by atoms with E-state index in [1.807, 2.05) is 4.90 Å². The zero-order valence-electron chi connectivity index (χ0n) is 14.7. The number of anilines is 1. The molecule has 0 aliphatic carbocycles. The minimum Gasteiger partial charge on any atom is -0.355 e. The fourth-order valence-electron chi connectivity index (χ4n) is 3.47. The number of hydrogen-bond acceptors (Lipinski definition) is 4. The quantitative estimate of drug-likeness (QED) is 0.778. The third-order valence-electron chi connectivity index (χ3n) is 4.96. The van der Waals surface area contributed by atoms with Gasteiger partial charge < -0.3 is 15.5 Å². The first-order valence-corrected chi connectivity index (χ1v) is 9.21. The summed E-state index contributed by atoms with van der Waals surface area (Å²) in [5, 5.41) is 6.34. The predicted molar refractivity (Wildman–Crippen MR) is 100 cm³/mol. The Morgan fingerprint density at radius 1 is 1.30 bits per heavy atom. The highest BCUT2D eigenvalue weighted by Gasteiger charge is 2.33. The predicted octanol–water partition coefficient (Wildman–Crippen LogP) is 3.26. The van der Waals surface area contributed by atoms with Gasteiger partial charge in [-0.05, 0) is 38.3 Å². The van der Waals surface area contributed by atoms with Crippen LogP contribution in [0.1, 0.15) is 31.2 Å². The van der Waals surface area contributed by atoms with Gasteiger partial charge >= 0.3 is 6.18 Å². The van der Waals surface area contributed by atoms with Crippen molar-refractivity contribution in [3.63, 3.8) is 0 Å². The highest BCUT2D eigenvalue weighted by molar-refractivity contribution is 6.33. The van der Waals surface area contributed by atoms with Gasteiger partial charge in [0.1, 0.15) is 5.82 Å². The monoisotopic (exact) mass is 426 g/mol. The van der Waals surface area contributed by atoms with Crippen LogP contribution in [0.25, 0.3) is 0 Å². The lowest BCUT2D eigenvalue weighted by molar-refractivity contribution is -0.137. The number of nitrogens with zero attached hydrogens (tertiary/aromatic N) is 2. The molecule has 0 spiro atoms. The molecule has 3 rings (SSSR count). The average molecular weight is 427 g/mol. The maximum absolute atomic E-state index is 12.7. The van der Waals surface area contributed by atoms with E-state index in [4.69, 9.17) is 11.6 Å². The van der Waals surface area contributed by atoms with Crippen LogP contribution in [0.4, 0.5) is 19.0 Å². The Labute approximate surface area is 167 Å². The molecule has 2 saturated heterocycles. The van der Waals surface area contributed by atoms with Gasteiger partial charge in [-0.15, -0.1) is 12.4 Å². The molecule has 3 heterocycles. The molecule has 0 radical (unpaired) electrons. The number of pyridine rings is 1. The molecule has 0 aromatic carbocycles. The van der Waals surface area contributed by atoms with E-state index in [1.165, 1.54) is 0 Å². The van der Waals surface area contributed by atoms with E-state index in [9.17, 15) is 18.0 Å². The standard InChI is InChI=1S/C17H22ClF3N4O.ClH/c18-14-8-12(17(19,20)21)9-23-15(14)25-6-3-11(4-7-25)16(26)24-13-2-1-5-22-10-13;/h8-9,11,13,22H,1-7,10H2,(H,24,26);1H/t13-;/m0./s1. The second kappa shape index (κ2) is 9.30. The van der Waals surface area contributed by atoms with Gasteiger partial charge in [-0.1, -0.05) is 11.6 Å². The van der Waals surface area contributed by atoms with Gasteiger partial charge in [0.2, 0.25) is 5.91 Å². The van der Waals surface area contributed by atoms with Crippen LogP contribution in [0.3, 0.4) is 0 Å². The summed E-state index contributed by atoms with van der Waals surface area (Å²) in [5.41, 5.74) is -0.860. The van der Waals surface area contributed by atoms with Gasteiger partial charge in [0.05, 0.1) is 10.6 Å². The number of amides is 1. The van der Waals surface area contributed by atoms with Crippen molar-refractivity contribution >= 4 is 35.7 Å². The summed E-state index contributed by atoms with van der Waals surface area (Å²) < 4.78 is 38.1. The Morgan fingerprint density at radius 3 is 2.56 bits per heavy atom. The summed E-state index contributed by atoms with van der Waals surface area (Å²) in [4.78, 5) is 18.1. The molecule has 5 nitrogen and oxygen atoms in total. The first kappa shape index (κ1) is 22.0. The van der Waals surface area contributed by atoms with Crippen LogP contribution in [0.5, 0.6) is 0 Å². The molecule has 0 saturated carbocycles. The van der Waals surface area contributed by atoms with Gasteiger partial charge in [0.15, 0.2) is 0 Å². The van der Waals surface area contributed by atoms with Crippen LogP contribution in [-0.4, -0.2) is 43.1 Å². The van der Waals surface area contributed by atoms with Gasteiger partial charge in [-0.2, -0.15) is 13.2 Å². The molecule has 152 valence electrons. The summed E-state index contributed by atoms with van der Waals surface area (Å²) in [6.07, 6.45) is -0.357. The Morgan fingerprint density at radius 2 is 2.00 bits per heavy atom. The van der Waals surface area contributed by atoms with Crippen molar-refractivity contribution in [2.45, 2.75) is 37.9 Å². The molecule has 1 aromatic heterocycles. The number of carbonyl (C=O) groups excluding carboxylic acids is 1. The molecule has 2 aliphatic heterocycles. The van der Waals surface area contributed by atoms with Crippen LogP contribution >= 0.6 is 24.0 Å². The lowest BCUT2D eigenvalue weighted by atomic mass is 9.95. The Hall–Kier alpha value is -1.25. The largest absolute Gasteiger partial charge is 0.417 e. The van der Waals surface area contributed by atoms with Crippen molar-refractivity contribution in [3.8, 4) is 0 Å². The smallest absolute Gasteiger partial charge is 0.355 e. The highest BCUT2D eigenvalue weighted by Crippen LogP contribution is 2.34. The normalized spacial score (nSPS) is 21.5. The molecule has 1 amide bonds. The fraction of sp³-hybridized carbons (Fsp3) is 0.647. The molecule has 27 heavy (non-hydrogen) atoms. The molecular formula is C17H23Cl2F3N4O. The van der Waals surface area contributed by atoms with Gasteiger partial charge in [0.25, 0.3) is 0 Å². The van der Waals surface area contributed by atoms with E-state index in [0.717, 1.165) is 38.2 Å². The molecule has 0 bridgehead atoms. The van der Waals surface area contributed by atoms with E-state index < -0.39 is 11.7 Å². The minimum atomic E-state index is -4.46. The molecule has 10 heteroatoms. The number of rotatable bonds is 3. The molecule has 2 aliphatic rings. The van der Waals surface area contributed by atoms with Crippen LogP contribution in [0, 0.1) is 5.92 Å². The number of piperidine rings is 2. The number of carbonyl (C=O) groups is 1. The number of alkyl halides is 3. The zero-order valence-corrected chi connectivity index (χ0v) is 16.3. The average Bonchev–Trinajstić information content (AvgIpc) is 2.62. The van der Waals surface area contributed by atoms with E-state index in [0.29, 0.717) is 31.7 Å². The minimum absolute atomic E-state index is 0. The van der Waals surface area contributed by atoms with Crippen molar-refractivity contribution in [1.82, 2.24) is 15.6 Å². The van der Waals surface area contributed by atoms with E-state index in [1.54, 1.807) is 0 Å². The molecule has 2 fully saturated rings. The summed E-state index contributed by atoms with van der Waals surface area (Å²) in [5.74, 6) is 0.321. The Kier molecular flexibility index (Phi) is 7.59. The highest BCUT2D eigenvalue weighted by atomic mass is 35.5. The molecule has 1 atom stereocenters. The first-order valence-electron chi connectivity index (χ1n) is 8.83. The molecule has 1 aromatic rings. The lowest BCUT2D eigenvalue weighted by Crippen LogP contribution is -2.49. The van der Waals surface area contributed by atoms with Crippen molar-refractivity contribution in [2.24, 2.45) is 5.92 Å². The maximum atomic E-state index is 12.7. The Bertz CT molecular complexity index is 646. The van der Waals surface area contributed by atoms with E-state index in [-0.39, 0.29) is 35.3 Å². The second-order valence-corrected chi connectivity index (χ2v) is 7.25. The van der Waals surface area contributed by atoms with Crippen LogP contribution < -0.4 is 15.5 Å². The van der Waals surface area contributed by atoms with E-state index in [2.05, 4.69) is 15.6 Å². The van der Waals surface area contributed by atoms with Gasteiger partial charge in [-0.3, -0.25) is 4.79 Å². The maximum Gasteiger partial charge on any atom is 0.417 e. The Balaban J connectivity index is 0.00000261. The van der Waals surface area contributed by atoms with Crippen LogP contribution in [0.2, 0.25) is 5.02 Å². The summed E-state index contributed by atoms with van der Waals surface area (Å²) >= 11 is 6.01. The SMILES string of the molecule is Cl.O=C(N[C@H]1CCCNC1)C1CCN(c2ncc(C(F)(F)F)cc2Cl)CC1. The lowest BCUT2D eigenvalue weighted by Gasteiger charge is -2.34. The van der Waals surface area contributed by atoms with Crippen molar-refractivity contribution < 1.29 is 18.0 Å².